The van der Waals surface area contributed by atoms with Crippen molar-refractivity contribution < 1.29 is 14.3 Å². The van der Waals surface area contributed by atoms with Gasteiger partial charge in [0.1, 0.15) is 5.69 Å². The number of methoxy groups -OCH3 is 1. The summed E-state index contributed by atoms with van der Waals surface area (Å²) < 4.78 is 5.25. The van der Waals surface area contributed by atoms with Crippen molar-refractivity contribution in [1.82, 2.24) is 30.4 Å². The zero-order valence-electron chi connectivity index (χ0n) is 21.3. The molecule has 2 amide bonds. The van der Waals surface area contributed by atoms with Gasteiger partial charge in [-0.1, -0.05) is 11.6 Å². The molecule has 2 aliphatic heterocycles. The molecule has 1 saturated heterocycles. The zero-order valence-corrected chi connectivity index (χ0v) is 24.5. The van der Waals surface area contributed by atoms with E-state index in [4.69, 9.17) is 16.3 Å². The standard InChI is InChI=1S/C25H31ClN6O3S.2ClH/c1-31-7-5-19-22(14-31)36-25(30-19)24(34)29-21-13-32(9-10-35-2)8-6-18(21)28-23(33)20-12-15-11-16(26)3-4-17(15)27-20;;/h3-4,11-12,18,21,27H,5-10,13-14H2,1-2H3,(H,28,33)(H,29,34);2*1H. The Morgan fingerprint density at radius 3 is 2.76 bits per heavy atom. The number of amides is 2. The van der Waals surface area contributed by atoms with E-state index in [0.29, 0.717) is 35.3 Å². The summed E-state index contributed by atoms with van der Waals surface area (Å²) in [5, 5.41) is 8.31. The van der Waals surface area contributed by atoms with Crippen molar-refractivity contribution >= 4 is 70.5 Å². The van der Waals surface area contributed by atoms with Gasteiger partial charge in [-0.3, -0.25) is 14.5 Å². The molecule has 2 aromatic heterocycles. The van der Waals surface area contributed by atoms with Crippen molar-refractivity contribution in [1.29, 1.82) is 0 Å². The lowest BCUT2D eigenvalue weighted by Crippen LogP contribution is -2.60. The Bertz CT molecular complexity index is 1270. The highest BCUT2D eigenvalue weighted by Crippen LogP contribution is 2.25. The average Bonchev–Trinajstić information content (AvgIpc) is 3.47. The number of rotatable bonds is 7. The number of aromatic nitrogens is 2. The Morgan fingerprint density at radius 1 is 1.18 bits per heavy atom. The minimum Gasteiger partial charge on any atom is -0.383 e. The van der Waals surface area contributed by atoms with Crippen LogP contribution in [-0.4, -0.2) is 90.6 Å². The number of nitrogens with zero attached hydrogens (tertiary/aromatic N) is 3. The number of likely N-dealkylation sites (N-methyl/N-ethyl adjacent to an activating group) is 1. The summed E-state index contributed by atoms with van der Waals surface area (Å²) in [5.41, 5.74) is 2.34. The van der Waals surface area contributed by atoms with Crippen LogP contribution in [0.25, 0.3) is 10.9 Å². The Balaban J connectivity index is 0.00000200. The van der Waals surface area contributed by atoms with Gasteiger partial charge >= 0.3 is 0 Å². The number of ether oxygens (including phenoxy) is 1. The maximum atomic E-state index is 13.2. The molecule has 208 valence electrons. The van der Waals surface area contributed by atoms with Crippen molar-refractivity contribution in [3.63, 3.8) is 0 Å². The van der Waals surface area contributed by atoms with E-state index < -0.39 is 0 Å². The number of benzene rings is 1. The van der Waals surface area contributed by atoms with E-state index in [-0.39, 0.29) is 48.7 Å². The minimum atomic E-state index is -0.255. The minimum absolute atomic E-state index is 0. The van der Waals surface area contributed by atoms with E-state index in [9.17, 15) is 9.59 Å². The summed E-state index contributed by atoms with van der Waals surface area (Å²) in [6.07, 6.45) is 1.57. The van der Waals surface area contributed by atoms with Gasteiger partial charge in [0, 0.05) is 67.1 Å². The highest BCUT2D eigenvalue weighted by molar-refractivity contribution is 7.13. The van der Waals surface area contributed by atoms with Crippen molar-refractivity contribution in [2.24, 2.45) is 0 Å². The lowest BCUT2D eigenvalue weighted by Gasteiger charge is -2.39. The molecule has 13 heteroatoms. The van der Waals surface area contributed by atoms with Crippen LogP contribution < -0.4 is 10.6 Å². The van der Waals surface area contributed by atoms with Crippen molar-refractivity contribution in [2.45, 2.75) is 31.5 Å². The number of thiazole rings is 1. The predicted octanol–water partition coefficient (Wildman–Crippen LogP) is 3.36. The van der Waals surface area contributed by atoms with Gasteiger partial charge in [-0.2, -0.15) is 0 Å². The van der Waals surface area contributed by atoms with Gasteiger partial charge in [0.2, 0.25) is 0 Å². The van der Waals surface area contributed by atoms with E-state index in [1.165, 1.54) is 11.3 Å². The Labute approximate surface area is 243 Å². The van der Waals surface area contributed by atoms with Gasteiger partial charge in [-0.15, -0.1) is 36.2 Å². The maximum Gasteiger partial charge on any atom is 0.280 e. The van der Waals surface area contributed by atoms with Crippen molar-refractivity contribution in [2.75, 3.05) is 46.9 Å². The largest absolute Gasteiger partial charge is 0.383 e. The predicted molar refractivity (Wildman–Crippen MR) is 155 cm³/mol. The molecule has 38 heavy (non-hydrogen) atoms. The highest BCUT2D eigenvalue weighted by atomic mass is 35.5. The second-order valence-electron chi connectivity index (χ2n) is 9.53. The Morgan fingerprint density at radius 2 is 1.97 bits per heavy atom. The van der Waals surface area contributed by atoms with E-state index in [2.05, 4.69) is 37.4 Å². The molecule has 4 heterocycles. The molecule has 1 aromatic carbocycles. The lowest BCUT2D eigenvalue weighted by molar-refractivity contribution is 0.0763. The molecule has 2 atom stereocenters. The molecule has 3 N–H and O–H groups in total. The normalized spacial score (nSPS) is 19.8. The third-order valence-electron chi connectivity index (χ3n) is 6.89. The number of fused-ring (bicyclic) bond motifs is 2. The van der Waals surface area contributed by atoms with Crippen LogP contribution in [0.5, 0.6) is 0 Å². The first kappa shape index (κ1) is 30.6. The monoisotopic (exact) mass is 602 g/mol. The van der Waals surface area contributed by atoms with Crippen LogP contribution in [0.4, 0.5) is 0 Å². The average molecular weight is 604 g/mol. The van der Waals surface area contributed by atoms with Crippen molar-refractivity contribution in [3.05, 3.63) is 50.6 Å². The molecular weight excluding hydrogens is 571 g/mol. The van der Waals surface area contributed by atoms with Crippen LogP contribution in [-0.2, 0) is 17.7 Å². The third kappa shape index (κ3) is 6.98. The molecule has 0 bridgehead atoms. The highest BCUT2D eigenvalue weighted by Gasteiger charge is 2.33. The van der Waals surface area contributed by atoms with E-state index >= 15 is 0 Å². The first-order valence-corrected chi connectivity index (χ1v) is 13.4. The second kappa shape index (κ2) is 13.4. The smallest absolute Gasteiger partial charge is 0.280 e. The quantitative estimate of drug-likeness (QED) is 0.383. The molecule has 0 saturated carbocycles. The Kier molecular flexibility index (Phi) is 10.8. The number of aromatic amines is 1. The van der Waals surface area contributed by atoms with E-state index in [0.717, 1.165) is 54.1 Å². The fourth-order valence-electron chi connectivity index (χ4n) is 4.88. The Hall–Kier alpha value is -1.92. The summed E-state index contributed by atoms with van der Waals surface area (Å²) >= 11 is 7.56. The van der Waals surface area contributed by atoms with Gasteiger partial charge < -0.3 is 25.3 Å². The number of hydrogen-bond donors (Lipinski definition) is 3. The zero-order chi connectivity index (χ0) is 25.2. The number of carbonyl (C=O) groups is 2. The molecule has 2 unspecified atom stereocenters. The van der Waals surface area contributed by atoms with Gasteiger partial charge in [0.15, 0.2) is 5.01 Å². The number of likely N-dealkylation sites (tertiary alicyclic amines) is 1. The summed E-state index contributed by atoms with van der Waals surface area (Å²) in [4.78, 5) is 39.8. The molecule has 5 rings (SSSR count). The first-order valence-electron chi connectivity index (χ1n) is 12.2. The van der Waals surface area contributed by atoms with Crippen LogP contribution in [0, 0.1) is 0 Å². The third-order valence-corrected chi connectivity index (χ3v) is 8.20. The molecule has 0 aliphatic carbocycles. The van der Waals surface area contributed by atoms with Crippen LogP contribution in [0.1, 0.15) is 37.3 Å². The lowest BCUT2D eigenvalue weighted by atomic mass is 9.98. The molecule has 0 radical (unpaired) electrons. The summed E-state index contributed by atoms with van der Waals surface area (Å²) in [7, 11) is 3.76. The van der Waals surface area contributed by atoms with E-state index in [1.54, 1.807) is 19.2 Å². The number of carbonyl (C=O) groups excluding carboxylic acids is 2. The number of nitrogens with one attached hydrogen (secondary N) is 3. The van der Waals surface area contributed by atoms with Gasteiger partial charge in [0.05, 0.1) is 24.4 Å². The number of hydrogen-bond acceptors (Lipinski definition) is 7. The van der Waals surface area contributed by atoms with Gasteiger partial charge in [-0.25, -0.2) is 4.98 Å². The number of halogens is 3. The van der Waals surface area contributed by atoms with Gasteiger partial charge in [-0.05, 0) is 37.7 Å². The first-order chi connectivity index (χ1) is 17.4. The van der Waals surface area contributed by atoms with Crippen LogP contribution in [0.2, 0.25) is 5.02 Å². The molecule has 3 aromatic rings. The molecule has 1 fully saturated rings. The van der Waals surface area contributed by atoms with Gasteiger partial charge in [0.25, 0.3) is 11.8 Å². The van der Waals surface area contributed by atoms with E-state index in [1.807, 2.05) is 12.1 Å². The summed E-state index contributed by atoms with van der Waals surface area (Å²) in [6.45, 7) is 4.58. The summed E-state index contributed by atoms with van der Waals surface area (Å²) in [6, 6.07) is 6.81. The molecule has 0 spiro atoms. The second-order valence-corrected chi connectivity index (χ2v) is 11.1. The number of piperidine rings is 1. The van der Waals surface area contributed by atoms with Crippen LogP contribution >= 0.6 is 47.8 Å². The fourth-order valence-corrected chi connectivity index (χ4v) is 6.16. The maximum absolute atomic E-state index is 13.2. The number of H-pyrrole nitrogens is 1. The van der Waals surface area contributed by atoms with Crippen molar-refractivity contribution in [3.8, 4) is 0 Å². The van der Waals surface area contributed by atoms with Crippen LogP contribution in [0.3, 0.4) is 0 Å². The summed E-state index contributed by atoms with van der Waals surface area (Å²) in [5.74, 6) is -0.389. The SMILES string of the molecule is COCCN1CCC(NC(=O)c2cc3cc(Cl)ccc3[nH]2)C(NC(=O)c2nc3c(s2)CN(C)CC3)C1.Cl.Cl. The molecule has 2 aliphatic rings. The topological polar surface area (TPSA) is 103 Å². The van der Waals surface area contributed by atoms with Crippen LogP contribution in [0.15, 0.2) is 24.3 Å². The molecular formula is C25H33Cl3N6O3S. The fraction of sp³-hybridized carbons (Fsp3) is 0.480. The molecule has 9 nitrogen and oxygen atoms in total.